The summed E-state index contributed by atoms with van der Waals surface area (Å²) in [5.74, 6) is 0. The van der Waals surface area contributed by atoms with E-state index in [4.69, 9.17) is 9.97 Å². The summed E-state index contributed by atoms with van der Waals surface area (Å²) in [6.45, 7) is 13.2. The van der Waals surface area contributed by atoms with Crippen molar-refractivity contribution >= 4 is 0 Å². The van der Waals surface area contributed by atoms with Gasteiger partial charge >= 0.3 is 0 Å². The van der Waals surface area contributed by atoms with Crippen LogP contribution in [0, 0.1) is 41.5 Å². The molecule has 2 heteroatoms. The zero-order valence-corrected chi connectivity index (χ0v) is 18.0. The van der Waals surface area contributed by atoms with Crippen LogP contribution in [-0.2, 0) is 12.8 Å². The molecule has 1 heterocycles. The van der Waals surface area contributed by atoms with Gasteiger partial charge in [0.1, 0.15) is 0 Å². The smallest absolute Gasteiger partial charge is 0.0968 e. The van der Waals surface area contributed by atoms with E-state index >= 15 is 0 Å². The molecule has 3 aromatic rings. The molecule has 0 bridgehead atoms. The van der Waals surface area contributed by atoms with Gasteiger partial charge in [-0.25, -0.2) is 9.97 Å². The van der Waals surface area contributed by atoms with E-state index in [9.17, 15) is 0 Å². The topological polar surface area (TPSA) is 25.8 Å². The van der Waals surface area contributed by atoms with Gasteiger partial charge in [-0.05, 0) is 125 Å². The van der Waals surface area contributed by atoms with Crippen molar-refractivity contribution in [3.8, 4) is 22.5 Å². The van der Waals surface area contributed by atoms with Crippen LogP contribution in [0.2, 0.25) is 0 Å². The Labute approximate surface area is 169 Å². The molecular formula is C26H30N2. The molecule has 0 spiro atoms. The highest BCUT2D eigenvalue weighted by Crippen LogP contribution is 2.35. The van der Waals surface area contributed by atoms with Gasteiger partial charge in [-0.1, -0.05) is 0 Å². The molecule has 0 saturated heterocycles. The third kappa shape index (κ3) is 3.26. The summed E-state index contributed by atoms with van der Waals surface area (Å²) < 4.78 is 0. The maximum Gasteiger partial charge on any atom is 0.0968 e. The Balaban J connectivity index is 2.00. The Hall–Kier alpha value is -2.48. The van der Waals surface area contributed by atoms with E-state index < -0.39 is 0 Å². The average molecular weight is 371 g/mol. The molecule has 0 fully saturated rings. The van der Waals surface area contributed by atoms with Gasteiger partial charge in [-0.15, -0.1) is 0 Å². The molecule has 2 nitrogen and oxygen atoms in total. The van der Waals surface area contributed by atoms with E-state index in [-0.39, 0.29) is 0 Å². The predicted molar refractivity (Wildman–Crippen MR) is 118 cm³/mol. The van der Waals surface area contributed by atoms with Gasteiger partial charge in [0.05, 0.1) is 22.8 Å². The van der Waals surface area contributed by atoms with E-state index in [2.05, 4.69) is 65.8 Å². The SMILES string of the molecule is Cc1cc(-c2nc3c(nc2-c2cc(C)c(C)c(C)c2)CCCC3)cc(C)c1C. The standard InChI is InChI=1S/C26H30N2/c1-15-11-21(12-16(2)19(15)5)25-26(22-13-17(3)20(6)18(4)14-22)28-24-10-8-7-9-23(24)27-25/h11-14H,7-10H2,1-6H3. The lowest BCUT2D eigenvalue weighted by Gasteiger charge is -2.20. The van der Waals surface area contributed by atoms with Crippen molar-refractivity contribution in [1.82, 2.24) is 9.97 Å². The monoisotopic (exact) mass is 370 g/mol. The summed E-state index contributed by atoms with van der Waals surface area (Å²) in [7, 11) is 0. The van der Waals surface area contributed by atoms with Crippen LogP contribution in [0.5, 0.6) is 0 Å². The number of benzene rings is 2. The van der Waals surface area contributed by atoms with Crippen molar-refractivity contribution in [1.29, 1.82) is 0 Å². The van der Waals surface area contributed by atoms with Crippen LogP contribution >= 0.6 is 0 Å². The Bertz CT molecular complexity index is 944. The first-order valence-corrected chi connectivity index (χ1v) is 10.4. The Morgan fingerprint density at radius 2 is 0.857 bits per heavy atom. The van der Waals surface area contributed by atoms with Gasteiger partial charge in [0.15, 0.2) is 0 Å². The lowest BCUT2D eigenvalue weighted by atomic mass is 9.93. The molecule has 28 heavy (non-hydrogen) atoms. The van der Waals surface area contributed by atoms with Crippen LogP contribution in [0.3, 0.4) is 0 Å². The maximum atomic E-state index is 5.19. The highest BCUT2D eigenvalue weighted by molar-refractivity contribution is 5.80. The fourth-order valence-corrected chi connectivity index (χ4v) is 4.24. The van der Waals surface area contributed by atoms with Gasteiger partial charge in [-0.3, -0.25) is 0 Å². The van der Waals surface area contributed by atoms with Gasteiger partial charge in [0.2, 0.25) is 0 Å². The first-order chi connectivity index (χ1) is 13.3. The van der Waals surface area contributed by atoms with E-state index in [1.165, 1.54) is 68.7 Å². The molecule has 1 aromatic heterocycles. The summed E-state index contributed by atoms with van der Waals surface area (Å²) in [6.07, 6.45) is 4.53. The molecule has 0 aliphatic heterocycles. The van der Waals surface area contributed by atoms with Crippen molar-refractivity contribution in [3.05, 3.63) is 69.0 Å². The van der Waals surface area contributed by atoms with Crippen LogP contribution in [0.15, 0.2) is 24.3 Å². The van der Waals surface area contributed by atoms with Gasteiger partial charge < -0.3 is 0 Å². The first kappa shape index (κ1) is 18.9. The molecule has 0 amide bonds. The molecule has 0 N–H and O–H groups in total. The largest absolute Gasteiger partial charge is 0.249 e. The molecular weight excluding hydrogens is 340 g/mol. The lowest BCUT2D eigenvalue weighted by Crippen LogP contribution is -2.11. The van der Waals surface area contributed by atoms with Crippen LogP contribution in [0.4, 0.5) is 0 Å². The molecule has 0 atom stereocenters. The fraction of sp³-hybridized carbons (Fsp3) is 0.385. The summed E-state index contributed by atoms with van der Waals surface area (Å²) in [5.41, 5.74) is 14.8. The minimum atomic E-state index is 1.04. The number of hydrogen-bond donors (Lipinski definition) is 0. The van der Waals surface area contributed by atoms with Gasteiger partial charge in [0.25, 0.3) is 0 Å². The quantitative estimate of drug-likeness (QED) is 0.512. The fourth-order valence-electron chi connectivity index (χ4n) is 4.24. The molecule has 2 aromatic carbocycles. The van der Waals surface area contributed by atoms with Gasteiger partial charge in [0, 0.05) is 11.1 Å². The summed E-state index contributed by atoms with van der Waals surface area (Å²) >= 11 is 0. The number of nitrogens with zero attached hydrogens (tertiary/aromatic N) is 2. The third-order valence-corrected chi connectivity index (χ3v) is 6.53. The average Bonchev–Trinajstić information content (AvgIpc) is 2.68. The highest BCUT2D eigenvalue weighted by Gasteiger charge is 2.20. The second kappa shape index (κ2) is 7.16. The second-order valence-electron chi connectivity index (χ2n) is 8.49. The number of hydrogen-bond acceptors (Lipinski definition) is 2. The first-order valence-electron chi connectivity index (χ1n) is 10.4. The van der Waals surface area contributed by atoms with Crippen molar-refractivity contribution in [2.24, 2.45) is 0 Å². The molecule has 1 aliphatic rings. The number of fused-ring (bicyclic) bond motifs is 1. The third-order valence-electron chi connectivity index (χ3n) is 6.53. The molecule has 0 radical (unpaired) electrons. The van der Waals surface area contributed by atoms with E-state index in [1.54, 1.807) is 0 Å². The van der Waals surface area contributed by atoms with Crippen LogP contribution in [0.25, 0.3) is 22.5 Å². The lowest BCUT2D eigenvalue weighted by molar-refractivity contribution is 0.651. The number of aromatic nitrogens is 2. The Morgan fingerprint density at radius 3 is 1.18 bits per heavy atom. The predicted octanol–water partition coefficient (Wildman–Crippen LogP) is 6.54. The van der Waals surface area contributed by atoms with E-state index in [0.29, 0.717) is 0 Å². The van der Waals surface area contributed by atoms with Crippen LogP contribution < -0.4 is 0 Å². The molecule has 4 rings (SSSR count). The van der Waals surface area contributed by atoms with Crippen LogP contribution in [-0.4, -0.2) is 9.97 Å². The van der Waals surface area contributed by atoms with Crippen molar-refractivity contribution in [2.75, 3.05) is 0 Å². The molecule has 0 unspecified atom stereocenters. The minimum absolute atomic E-state index is 1.04. The molecule has 1 aliphatic carbocycles. The van der Waals surface area contributed by atoms with Crippen LogP contribution in [0.1, 0.15) is 57.6 Å². The normalized spacial score (nSPS) is 13.5. The minimum Gasteiger partial charge on any atom is -0.249 e. The zero-order valence-electron chi connectivity index (χ0n) is 18.0. The van der Waals surface area contributed by atoms with E-state index in [1.807, 2.05) is 0 Å². The van der Waals surface area contributed by atoms with Crippen molar-refractivity contribution in [2.45, 2.75) is 67.2 Å². The Kier molecular flexibility index (Phi) is 4.82. The second-order valence-corrected chi connectivity index (χ2v) is 8.49. The summed E-state index contributed by atoms with van der Waals surface area (Å²) in [4.78, 5) is 10.4. The van der Waals surface area contributed by atoms with E-state index in [0.717, 1.165) is 24.2 Å². The van der Waals surface area contributed by atoms with Crippen molar-refractivity contribution in [3.63, 3.8) is 0 Å². The Morgan fingerprint density at radius 1 is 0.536 bits per heavy atom. The molecule has 0 saturated carbocycles. The highest BCUT2D eigenvalue weighted by atomic mass is 14.9. The summed E-state index contributed by atoms with van der Waals surface area (Å²) in [5, 5.41) is 0. The van der Waals surface area contributed by atoms with Crippen molar-refractivity contribution < 1.29 is 0 Å². The zero-order chi connectivity index (χ0) is 20.0. The number of rotatable bonds is 2. The van der Waals surface area contributed by atoms with Gasteiger partial charge in [-0.2, -0.15) is 0 Å². The molecule has 144 valence electrons. The summed E-state index contributed by atoms with van der Waals surface area (Å²) in [6, 6.07) is 9.11. The maximum absolute atomic E-state index is 5.19. The number of aryl methyl sites for hydroxylation is 6.